The van der Waals surface area contributed by atoms with Gasteiger partial charge in [0.1, 0.15) is 10.1 Å². The number of hydrogen-bond acceptors (Lipinski definition) is 6. The summed E-state index contributed by atoms with van der Waals surface area (Å²) in [6.45, 7) is 0.815. The number of carbonyl (C=O) groups excluding carboxylic acids is 1. The van der Waals surface area contributed by atoms with Gasteiger partial charge in [-0.05, 0) is 11.1 Å². The summed E-state index contributed by atoms with van der Waals surface area (Å²) in [7, 11) is 0. The molecule has 0 aliphatic carbocycles. The molecule has 0 spiro atoms. The number of carbonyl (C=O) groups is 1. The minimum absolute atomic E-state index is 0.0854. The third-order valence-corrected chi connectivity index (χ3v) is 7.17. The van der Waals surface area contributed by atoms with Crippen LogP contribution >= 0.6 is 23.1 Å². The van der Waals surface area contributed by atoms with E-state index in [-0.39, 0.29) is 16.8 Å². The molecular weight excluding hydrogens is 416 g/mol. The minimum Gasteiger partial charge on any atom is -0.465 e. The second-order valence-corrected chi connectivity index (χ2v) is 9.06. The van der Waals surface area contributed by atoms with Crippen LogP contribution in [0.3, 0.4) is 0 Å². The van der Waals surface area contributed by atoms with Crippen molar-refractivity contribution in [1.82, 2.24) is 9.55 Å². The molecule has 0 saturated carbocycles. The van der Waals surface area contributed by atoms with Crippen LogP contribution in [-0.4, -0.2) is 27.4 Å². The Morgan fingerprint density at radius 2 is 1.80 bits per heavy atom. The smallest absolute Gasteiger partial charge is 0.319 e. The van der Waals surface area contributed by atoms with E-state index in [4.69, 9.17) is 9.72 Å². The molecule has 150 valence electrons. The lowest BCUT2D eigenvalue weighted by molar-refractivity contribution is -0.137. The van der Waals surface area contributed by atoms with Gasteiger partial charge in [0.05, 0.1) is 18.5 Å². The first kappa shape index (κ1) is 19.1. The highest BCUT2D eigenvalue weighted by Gasteiger charge is 2.30. The highest BCUT2D eigenvalue weighted by molar-refractivity contribution is 8.00. The first-order valence-electron chi connectivity index (χ1n) is 9.65. The quantitative estimate of drug-likeness (QED) is 0.340. The van der Waals surface area contributed by atoms with Crippen LogP contribution in [0.4, 0.5) is 0 Å². The van der Waals surface area contributed by atoms with E-state index in [1.807, 2.05) is 66.0 Å². The van der Waals surface area contributed by atoms with Gasteiger partial charge in [-0.25, -0.2) is 4.98 Å². The molecule has 4 aromatic rings. The molecule has 1 fully saturated rings. The molecule has 0 N–H and O–H groups in total. The van der Waals surface area contributed by atoms with Crippen molar-refractivity contribution in [2.24, 2.45) is 0 Å². The summed E-state index contributed by atoms with van der Waals surface area (Å²) in [5, 5.41) is 2.84. The molecular formula is C23H18N2O3S2. The molecule has 1 saturated heterocycles. The van der Waals surface area contributed by atoms with Crippen molar-refractivity contribution in [3.8, 4) is 11.1 Å². The lowest BCUT2D eigenvalue weighted by atomic mass is 10.1. The maximum Gasteiger partial charge on any atom is 0.319 e. The largest absolute Gasteiger partial charge is 0.465 e. The standard InChI is InChI=1S/C23H18N2O3S2/c26-21-19-17(16-9-5-2-6-10-16)14-29-20(19)24-23(30-18-11-12-28-22(18)27)25(21)13-15-7-3-1-4-8-15/h1-10,14,18H,11-13H2. The topological polar surface area (TPSA) is 61.2 Å². The number of hydrogen-bond donors (Lipinski definition) is 0. The van der Waals surface area contributed by atoms with Crippen molar-refractivity contribution < 1.29 is 9.53 Å². The van der Waals surface area contributed by atoms with Crippen molar-refractivity contribution >= 4 is 39.3 Å². The molecule has 1 unspecified atom stereocenters. The van der Waals surface area contributed by atoms with Crippen LogP contribution in [0.2, 0.25) is 0 Å². The van der Waals surface area contributed by atoms with Crippen molar-refractivity contribution in [2.45, 2.75) is 23.4 Å². The Bertz CT molecular complexity index is 1270. The lowest BCUT2D eigenvalue weighted by Gasteiger charge is -2.14. The molecule has 7 heteroatoms. The van der Waals surface area contributed by atoms with Crippen molar-refractivity contribution in [1.29, 1.82) is 0 Å². The van der Waals surface area contributed by atoms with Crippen LogP contribution in [-0.2, 0) is 16.1 Å². The Labute approximate surface area is 181 Å². The molecule has 1 aliphatic rings. The maximum atomic E-state index is 13.7. The van der Waals surface area contributed by atoms with Crippen LogP contribution in [0.15, 0.2) is 76.0 Å². The third kappa shape index (κ3) is 3.55. The Kier molecular flexibility index (Phi) is 5.14. The maximum absolute atomic E-state index is 13.7. The van der Waals surface area contributed by atoms with Crippen molar-refractivity contribution in [3.63, 3.8) is 0 Å². The fourth-order valence-electron chi connectivity index (χ4n) is 3.54. The van der Waals surface area contributed by atoms with E-state index in [1.54, 1.807) is 4.57 Å². The predicted molar refractivity (Wildman–Crippen MR) is 120 cm³/mol. The zero-order valence-electron chi connectivity index (χ0n) is 16.0. The van der Waals surface area contributed by atoms with E-state index < -0.39 is 0 Å². The van der Waals surface area contributed by atoms with Gasteiger partial charge in [-0.3, -0.25) is 14.2 Å². The molecule has 5 rings (SSSR count). The van der Waals surface area contributed by atoms with Crippen LogP contribution in [0.5, 0.6) is 0 Å². The molecule has 0 amide bonds. The second kappa shape index (κ2) is 8.08. The van der Waals surface area contributed by atoms with Crippen LogP contribution in [0.25, 0.3) is 21.3 Å². The third-order valence-electron chi connectivity index (χ3n) is 5.06. The SMILES string of the molecule is O=C1OCCC1Sc1nc2scc(-c3ccccc3)c2c(=O)n1Cc1ccccc1. The number of esters is 1. The molecule has 30 heavy (non-hydrogen) atoms. The number of aromatic nitrogens is 2. The van der Waals surface area contributed by atoms with Gasteiger partial charge in [-0.2, -0.15) is 0 Å². The van der Waals surface area contributed by atoms with E-state index in [2.05, 4.69) is 0 Å². The zero-order valence-corrected chi connectivity index (χ0v) is 17.6. The molecule has 2 aromatic heterocycles. The summed E-state index contributed by atoms with van der Waals surface area (Å²) in [6, 6.07) is 19.7. The fourth-order valence-corrected chi connectivity index (χ4v) is 5.59. The number of thioether (sulfide) groups is 1. The van der Waals surface area contributed by atoms with Gasteiger partial charge in [0.2, 0.25) is 0 Å². The molecule has 3 heterocycles. The number of nitrogens with zero attached hydrogens (tertiary/aromatic N) is 2. The zero-order chi connectivity index (χ0) is 20.5. The van der Waals surface area contributed by atoms with Gasteiger partial charge in [-0.1, -0.05) is 72.4 Å². The van der Waals surface area contributed by atoms with Gasteiger partial charge in [0, 0.05) is 17.4 Å². The summed E-state index contributed by atoms with van der Waals surface area (Å²) in [5.41, 5.74) is 2.81. The molecule has 0 bridgehead atoms. The Hall–Kier alpha value is -2.90. The first-order valence-corrected chi connectivity index (χ1v) is 11.4. The summed E-state index contributed by atoms with van der Waals surface area (Å²) < 4.78 is 6.79. The van der Waals surface area contributed by atoms with Gasteiger partial charge in [0.25, 0.3) is 5.56 Å². The number of fused-ring (bicyclic) bond motifs is 1. The van der Waals surface area contributed by atoms with Crippen LogP contribution in [0, 0.1) is 0 Å². The van der Waals surface area contributed by atoms with Gasteiger partial charge >= 0.3 is 5.97 Å². The van der Waals surface area contributed by atoms with E-state index in [0.717, 1.165) is 16.7 Å². The number of cyclic esters (lactones) is 1. The molecule has 5 nitrogen and oxygen atoms in total. The van der Waals surface area contributed by atoms with Gasteiger partial charge < -0.3 is 4.74 Å². The van der Waals surface area contributed by atoms with E-state index >= 15 is 0 Å². The second-order valence-electron chi connectivity index (χ2n) is 7.03. The molecule has 2 aromatic carbocycles. The average Bonchev–Trinajstić information content (AvgIpc) is 3.38. The normalized spacial score (nSPS) is 16.1. The van der Waals surface area contributed by atoms with Crippen LogP contribution < -0.4 is 5.56 Å². The highest BCUT2D eigenvalue weighted by Crippen LogP contribution is 2.34. The fraction of sp³-hybridized carbons (Fsp3) is 0.174. The van der Waals surface area contributed by atoms with E-state index in [0.29, 0.717) is 34.9 Å². The highest BCUT2D eigenvalue weighted by atomic mass is 32.2. The Balaban J connectivity index is 1.67. The van der Waals surface area contributed by atoms with Crippen LogP contribution in [0.1, 0.15) is 12.0 Å². The Morgan fingerprint density at radius 1 is 1.07 bits per heavy atom. The number of thiophene rings is 1. The van der Waals surface area contributed by atoms with Gasteiger partial charge in [0.15, 0.2) is 5.16 Å². The number of rotatable bonds is 5. The minimum atomic E-state index is -0.329. The number of benzene rings is 2. The van der Waals surface area contributed by atoms with E-state index in [9.17, 15) is 9.59 Å². The molecule has 0 radical (unpaired) electrons. The molecule has 1 atom stereocenters. The summed E-state index contributed by atoms with van der Waals surface area (Å²) in [6.07, 6.45) is 0.627. The number of ether oxygens (including phenoxy) is 1. The first-order chi connectivity index (χ1) is 14.7. The summed E-state index contributed by atoms with van der Waals surface area (Å²) in [5.74, 6) is -0.239. The van der Waals surface area contributed by atoms with Crippen molar-refractivity contribution in [3.05, 3.63) is 82.0 Å². The van der Waals surface area contributed by atoms with Gasteiger partial charge in [-0.15, -0.1) is 11.3 Å². The Morgan fingerprint density at radius 3 is 2.50 bits per heavy atom. The molecule has 1 aliphatic heterocycles. The van der Waals surface area contributed by atoms with E-state index in [1.165, 1.54) is 23.1 Å². The predicted octanol–water partition coefficient (Wildman–Crippen LogP) is 4.58. The monoisotopic (exact) mass is 434 g/mol. The van der Waals surface area contributed by atoms with Crippen molar-refractivity contribution in [2.75, 3.05) is 6.61 Å². The summed E-state index contributed by atoms with van der Waals surface area (Å²) in [4.78, 5) is 31.2. The summed E-state index contributed by atoms with van der Waals surface area (Å²) >= 11 is 2.78. The average molecular weight is 435 g/mol. The lowest BCUT2D eigenvalue weighted by Crippen LogP contribution is -2.25.